The number of esters is 1. The third-order valence-corrected chi connectivity index (χ3v) is 5.43. The van der Waals surface area contributed by atoms with Crippen LogP contribution in [0.15, 0.2) is 23.6 Å². The molecule has 1 N–H and O–H groups in total. The zero-order chi connectivity index (χ0) is 19.1. The van der Waals surface area contributed by atoms with Crippen LogP contribution in [0.4, 0.5) is 0 Å². The average molecular weight is 384 g/mol. The van der Waals surface area contributed by atoms with Gasteiger partial charge in [0.25, 0.3) is 5.91 Å². The number of aromatic nitrogens is 3. The summed E-state index contributed by atoms with van der Waals surface area (Å²) in [5, 5.41) is 9.85. The Hall–Kier alpha value is -2.74. The first-order valence-corrected chi connectivity index (χ1v) is 9.71. The number of rotatable bonds is 5. The lowest BCUT2D eigenvalue weighted by Gasteiger charge is -2.14. The molecule has 0 radical (unpaired) electrons. The van der Waals surface area contributed by atoms with Crippen LogP contribution in [-0.2, 0) is 16.6 Å². The van der Waals surface area contributed by atoms with E-state index in [1.54, 1.807) is 36.1 Å². The molecule has 1 amide bonds. The zero-order valence-corrected chi connectivity index (χ0v) is 16.2. The lowest BCUT2D eigenvalue weighted by atomic mass is 10.1. The third kappa shape index (κ3) is 3.44. The van der Waals surface area contributed by atoms with E-state index in [2.05, 4.69) is 15.4 Å². The second-order valence-corrected chi connectivity index (χ2v) is 7.72. The molecule has 4 rings (SSSR count). The van der Waals surface area contributed by atoms with Gasteiger partial charge in [-0.2, -0.15) is 5.10 Å². The molecule has 140 valence electrons. The molecule has 0 aromatic carbocycles. The molecule has 0 unspecified atom stereocenters. The largest absolute Gasteiger partial charge is 0.449 e. The van der Waals surface area contributed by atoms with Gasteiger partial charge >= 0.3 is 5.97 Å². The zero-order valence-electron chi connectivity index (χ0n) is 15.4. The van der Waals surface area contributed by atoms with Gasteiger partial charge in [-0.05, 0) is 44.2 Å². The Kier molecular flexibility index (Phi) is 4.43. The number of amides is 1. The Morgan fingerprint density at radius 2 is 2.19 bits per heavy atom. The van der Waals surface area contributed by atoms with Gasteiger partial charge in [-0.25, -0.2) is 9.78 Å². The van der Waals surface area contributed by atoms with Crippen LogP contribution in [0.25, 0.3) is 21.6 Å². The standard InChI is InChI=1S/C19H20N4O3S/c1-10-16-13(19(25)26-11(2)18(24)20-12-6-7-12)9-14(15-5-4-8-27-15)21-17(16)23(3)22-10/h4-5,8-9,11-12H,6-7H2,1-3H3,(H,20,24)/t11-/m1/s1. The van der Waals surface area contributed by atoms with Crippen molar-refractivity contribution >= 4 is 34.2 Å². The maximum absolute atomic E-state index is 12.9. The summed E-state index contributed by atoms with van der Waals surface area (Å²) in [5.74, 6) is -0.813. The first-order chi connectivity index (χ1) is 12.9. The van der Waals surface area contributed by atoms with Crippen molar-refractivity contribution in [2.45, 2.75) is 38.8 Å². The summed E-state index contributed by atoms with van der Waals surface area (Å²) >= 11 is 1.54. The molecule has 1 aliphatic rings. The second-order valence-electron chi connectivity index (χ2n) is 6.77. The summed E-state index contributed by atoms with van der Waals surface area (Å²) in [6.07, 6.45) is 1.11. The Bertz CT molecular complexity index is 1020. The molecule has 7 nitrogen and oxygen atoms in total. The average Bonchev–Trinajstić information content (AvgIpc) is 3.18. The summed E-state index contributed by atoms with van der Waals surface area (Å²) in [7, 11) is 1.79. The van der Waals surface area contributed by atoms with Crippen molar-refractivity contribution in [3.8, 4) is 10.6 Å². The number of nitrogens with one attached hydrogen (secondary N) is 1. The molecular weight excluding hydrogens is 364 g/mol. The van der Waals surface area contributed by atoms with Crippen molar-refractivity contribution in [2.24, 2.45) is 7.05 Å². The summed E-state index contributed by atoms with van der Waals surface area (Å²) in [4.78, 5) is 30.6. The molecule has 0 bridgehead atoms. The predicted octanol–water partition coefficient (Wildman–Crippen LogP) is 2.83. The van der Waals surface area contributed by atoms with Crippen LogP contribution < -0.4 is 5.32 Å². The topological polar surface area (TPSA) is 86.1 Å². The molecule has 1 fully saturated rings. The van der Waals surface area contributed by atoms with Crippen molar-refractivity contribution in [1.82, 2.24) is 20.1 Å². The van der Waals surface area contributed by atoms with E-state index in [9.17, 15) is 9.59 Å². The number of nitrogens with zero attached hydrogens (tertiary/aromatic N) is 3. The summed E-state index contributed by atoms with van der Waals surface area (Å²) in [6, 6.07) is 5.82. The van der Waals surface area contributed by atoms with E-state index in [-0.39, 0.29) is 11.9 Å². The van der Waals surface area contributed by atoms with E-state index in [1.165, 1.54) is 0 Å². The Balaban J connectivity index is 1.70. The maximum atomic E-state index is 12.9. The van der Waals surface area contributed by atoms with Crippen molar-refractivity contribution in [3.05, 3.63) is 34.8 Å². The fourth-order valence-electron chi connectivity index (χ4n) is 2.98. The van der Waals surface area contributed by atoms with Gasteiger partial charge in [0.15, 0.2) is 11.8 Å². The fourth-order valence-corrected chi connectivity index (χ4v) is 3.67. The molecule has 0 saturated heterocycles. The quantitative estimate of drug-likeness (QED) is 0.684. The van der Waals surface area contributed by atoms with Crippen molar-refractivity contribution < 1.29 is 14.3 Å². The number of hydrogen-bond acceptors (Lipinski definition) is 6. The molecule has 1 aliphatic carbocycles. The number of hydrogen-bond donors (Lipinski definition) is 1. The molecule has 0 spiro atoms. The minimum absolute atomic E-state index is 0.220. The number of pyridine rings is 1. The van der Waals surface area contributed by atoms with Gasteiger partial charge in [-0.1, -0.05) is 6.07 Å². The van der Waals surface area contributed by atoms with Gasteiger partial charge in [0, 0.05) is 13.1 Å². The monoisotopic (exact) mass is 384 g/mol. The number of aryl methyl sites for hydroxylation is 2. The smallest absolute Gasteiger partial charge is 0.339 e. The highest BCUT2D eigenvalue weighted by Gasteiger charge is 2.28. The lowest BCUT2D eigenvalue weighted by Crippen LogP contribution is -2.37. The van der Waals surface area contributed by atoms with Crippen LogP contribution in [0, 0.1) is 6.92 Å². The Morgan fingerprint density at radius 3 is 2.85 bits per heavy atom. The van der Waals surface area contributed by atoms with Crippen LogP contribution in [0.2, 0.25) is 0 Å². The molecule has 3 aromatic heterocycles. The molecular formula is C19H20N4O3S. The van der Waals surface area contributed by atoms with Crippen LogP contribution in [0.5, 0.6) is 0 Å². The van der Waals surface area contributed by atoms with Gasteiger partial charge in [0.2, 0.25) is 0 Å². The fraction of sp³-hybridized carbons (Fsp3) is 0.368. The number of ether oxygens (including phenoxy) is 1. The van der Waals surface area contributed by atoms with Crippen molar-refractivity contribution in [2.75, 3.05) is 0 Å². The van der Waals surface area contributed by atoms with E-state index >= 15 is 0 Å². The van der Waals surface area contributed by atoms with Crippen molar-refractivity contribution in [1.29, 1.82) is 0 Å². The van der Waals surface area contributed by atoms with Gasteiger partial charge < -0.3 is 10.1 Å². The first-order valence-electron chi connectivity index (χ1n) is 8.83. The molecule has 1 atom stereocenters. The normalized spacial score (nSPS) is 14.9. The van der Waals surface area contributed by atoms with Gasteiger partial charge in [-0.15, -0.1) is 11.3 Å². The molecule has 3 heterocycles. The number of carbonyl (C=O) groups excluding carboxylic acids is 2. The molecule has 1 saturated carbocycles. The minimum atomic E-state index is -0.858. The summed E-state index contributed by atoms with van der Waals surface area (Å²) < 4.78 is 7.11. The highest BCUT2D eigenvalue weighted by molar-refractivity contribution is 7.13. The van der Waals surface area contributed by atoms with Crippen LogP contribution >= 0.6 is 11.3 Å². The first kappa shape index (κ1) is 17.7. The predicted molar refractivity (Wildman–Crippen MR) is 103 cm³/mol. The van der Waals surface area contributed by atoms with Gasteiger partial charge in [0.1, 0.15) is 0 Å². The van der Waals surface area contributed by atoms with Gasteiger partial charge in [0.05, 0.1) is 27.2 Å². The van der Waals surface area contributed by atoms with E-state index in [1.807, 2.05) is 24.4 Å². The second kappa shape index (κ2) is 6.77. The maximum Gasteiger partial charge on any atom is 0.339 e. The van der Waals surface area contributed by atoms with E-state index in [0.717, 1.165) is 17.7 Å². The van der Waals surface area contributed by atoms with Crippen LogP contribution in [0.3, 0.4) is 0 Å². The molecule has 8 heteroatoms. The van der Waals surface area contributed by atoms with Crippen molar-refractivity contribution in [3.63, 3.8) is 0 Å². The van der Waals surface area contributed by atoms with Crippen LogP contribution in [-0.4, -0.2) is 38.8 Å². The molecule has 0 aliphatic heterocycles. The Morgan fingerprint density at radius 1 is 1.41 bits per heavy atom. The Labute approximate surface area is 160 Å². The minimum Gasteiger partial charge on any atom is -0.449 e. The summed E-state index contributed by atoms with van der Waals surface area (Å²) in [5.41, 5.74) is 2.36. The lowest BCUT2D eigenvalue weighted by molar-refractivity contribution is -0.129. The van der Waals surface area contributed by atoms with Gasteiger partial charge in [-0.3, -0.25) is 9.48 Å². The summed E-state index contributed by atoms with van der Waals surface area (Å²) in [6.45, 7) is 3.42. The SMILES string of the molecule is Cc1nn(C)c2nc(-c3cccs3)cc(C(=O)O[C@H](C)C(=O)NC3CC3)c12. The highest BCUT2D eigenvalue weighted by Crippen LogP contribution is 2.30. The third-order valence-electron chi connectivity index (χ3n) is 4.54. The number of thiophene rings is 1. The highest BCUT2D eigenvalue weighted by atomic mass is 32.1. The van der Waals surface area contributed by atoms with E-state index in [0.29, 0.717) is 28.0 Å². The molecule has 27 heavy (non-hydrogen) atoms. The van der Waals surface area contributed by atoms with E-state index in [4.69, 9.17) is 4.74 Å². The van der Waals surface area contributed by atoms with E-state index < -0.39 is 12.1 Å². The molecule has 3 aromatic rings. The number of fused-ring (bicyclic) bond motifs is 1. The number of carbonyl (C=O) groups is 2. The van der Waals surface area contributed by atoms with Crippen LogP contribution in [0.1, 0.15) is 35.8 Å².